The molecule has 1 aromatic rings. The predicted molar refractivity (Wildman–Crippen MR) is 77.8 cm³/mol. The van der Waals surface area contributed by atoms with Gasteiger partial charge < -0.3 is 20.1 Å². The lowest BCUT2D eigenvalue weighted by Crippen LogP contribution is -2.28. The number of hydrogen-bond acceptors (Lipinski definition) is 5. The standard InChI is InChI=1S/C16H16O5/c1-2-4-10(5-3-6-17)14-9-13(20)16-12(19)7-11(18)8-15(16)21-14/h2-8,14,17-19H,9H2,1H3/b4-2-,6-3+,10-5+/t14-/m0/s1. The number of Topliss-reactive ketones (excluding diaryl/α,β-unsaturated/α-hetero) is 1. The van der Waals surface area contributed by atoms with Crippen molar-refractivity contribution in [2.75, 3.05) is 0 Å². The Morgan fingerprint density at radius 2 is 2.14 bits per heavy atom. The highest BCUT2D eigenvalue weighted by Crippen LogP contribution is 2.39. The molecule has 1 aromatic carbocycles. The van der Waals surface area contributed by atoms with Crippen molar-refractivity contribution in [3.8, 4) is 17.2 Å². The number of benzene rings is 1. The van der Waals surface area contributed by atoms with E-state index in [0.717, 1.165) is 12.3 Å². The molecule has 0 saturated carbocycles. The third kappa shape index (κ3) is 3.08. The van der Waals surface area contributed by atoms with E-state index in [1.807, 2.05) is 6.92 Å². The molecule has 0 aliphatic carbocycles. The molecule has 1 atom stereocenters. The third-order valence-electron chi connectivity index (χ3n) is 3.09. The van der Waals surface area contributed by atoms with Gasteiger partial charge in [0, 0.05) is 12.1 Å². The van der Waals surface area contributed by atoms with E-state index in [9.17, 15) is 15.0 Å². The van der Waals surface area contributed by atoms with Crippen LogP contribution in [0.2, 0.25) is 0 Å². The van der Waals surface area contributed by atoms with E-state index in [1.54, 1.807) is 18.2 Å². The van der Waals surface area contributed by atoms with Crippen molar-refractivity contribution in [1.82, 2.24) is 0 Å². The number of ether oxygens (including phenoxy) is 1. The van der Waals surface area contributed by atoms with Crippen LogP contribution in [0.15, 0.2) is 48.3 Å². The zero-order valence-electron chi connectivity index (χ0n) is 11.5. The Labute approximate surface area is 122 Å². The number of fused-ring (bicyclic) bond motifs is 1. The summed E-state index contributed by atoms with van der Waals surface area (Å²) in [4.78, 5) is 12.2. The average Bonchev–Trinajstić information content (AvgIpc) is 2.42. The van der Waals surface area contributed by atoms with Gasteiger partial charge in [-0.3, -0.25) is 4.79 Å². The fourth-order valence-corrected chi connectivity index (χ4v) is 2.23. The number of carbonyl (C=O) groups is 1. The smallest absolute Gasteiger partial charge is 0.174 e. The van der Waals surface area contributed by atoms with Gasteiger partial charge in [-0.1, -0.05) is 18.2 Å². The molecule has 0 spiro atoms. The van der Waals surface area contributed by atoms with E-state index >= 15 is 0 Å². The molecular weight excluding hydrogens is 272 g/mol. The summed E-state index contributed by atoms with van der Waals surface area (Å²) < 4.78 is 5.70. The minimum absolute atomic E-state index is 0.0702. The molecule has 0 amide bonds. The number of hydrogen-bond donors (Lipinski definition) is 3. The summed E-state index contributed by atoms with van der Waals surface area (Å²) in [5.41, 5.74) is 0.784. The van der Waals surface area contributed by atoms with Gasteiger partial charge >= 0.3 is 0 Å². The van der Waals surface area contributed by atoms with Gasteiger partial charge in [-0.05, 0) is 18.6 Å². The summed E-state index contributed by atoms with van der Waals surface area (Å²) in [6, 6.07) is 2.41. The lowest BCUT2D eigenvalue weighted by molar-refractivity contribution is 0.0883. The molecule has 1 heterocycles. The van der Waals surface area contributed by atoms with E-state index in [4.69, 9.17) is 9.84 Å². The van der Waals surface area contributed by atoms with E-state index < -0.39 is 6.10 Å². The maximum absolute atomic E-state index is 12.2. The number of allylic oxidation sites excluding steroid dienone is 3. The van der Waals surface area contributed by atoms with Crippen LogP contribution in [0.4, 0.5) is 0 Å². The predicted octanol–water partition coefficient (Wildman–Crippen LogP) is 3.01. The van der Waals surface area contributed by atoms with Gasteiger partial charge in [0.1, 0.15) is 28.9 Å². The number of aliphatic hydroxyl groups excluding tert-OH is 1. The molecule has 0 bridgehead atoms. The lowest BCUT2D eigenvalue weighted by Gasteiger charge is -2.26. The number of ketones is 1. The maximum Gasteiger partial charge on any atom is 0.174 e. The van der Waals surface area contributed by atoms with Crippen molar-refractivity contribution in [2.24, 2.45) is 0 Å². The molecular formula is C16H16O5. The average molecular weight is 288 g/mol. The van der Waals surface area contributed by atoms with Crippen molar-refractivity contribution in [3.63, 3.8) is 0 Å². The second-order valence-corrected chi connectivity index (χ2v) is 4.58. The van der Waals surface area contributed by atoms with Gasteiger partial charge in [0.05, 0.1) is 12.7 Å². The van der Waals surface area contributed by atoms with Crippen molar-refractivity contribution in [1.29, 1.82) is 0 Å². The minimum atomic E-state index is -0.543. The Morgan fingerprint density at radius 3 is 2.81 bits per heavy atom. The van der Waals surface area contributed by atoms with Gasteiger partial charge in [0.15, 0.2) is 5.78 Å². The first-order valence-electron chi connectivity index (χ1n) is 6.46. The molecule has 0 fully saturated rings. The van der Waals surface area contributed by atoms with Gasteiger partial charge in [-0.15, -0.1) is 0 Å². The molecule has 5 nitrogen and oxygen atoms in total. The number of phenols is 2. The van der Waals surface area contributed by atoms with Crippen LogP contribution in [-0.2, 0) is 0 Å². The number of aromatic hydroxyl groups is 2. The Bertz CT molecular complexity index is 640. The highest BCUT2D eigenvalue weighted by atomic mass is 16.5. The third-order valence-corrected chi connectivity index (χ3v) is 3.09. The Hall–Kier alpha value is -2.69. The van der Waals surface area contributed by atoms with E-state index in [2.05, 4.69) is 0 Å². The van der Waals surface area contributed by atoms with Crippen molar-refractivity contribution >= 4 is 5.78 Å². The zero-order chi connectivity index (χ0) is 15.4. The number of rotatable bonds is 3. The number of phenolic OH excluding ortho intramolecular Hbond substituents is 2. The quantitative estimate of drug-likeness (QED) is 0.588. The van der Waals surface area contributed by atoms with E-state index in [1.165, 1.54) is 12.1 Å². The molecule has 0 aromatic heterocycles. The van der Waals surface area contributed by atoms with Crippen molar-refractivity contribution in [3.05, 3.63) is 53.8 Å². The summed E-state index contributed by atoms with van der Waals surface area (Å²) in [7, 11) is 0. The lowest BCUT2D eigenvalue weighted by atomic mass is 9.95. The van der Waals surface area contributed by atoms with Crippen LogP contribution in [-0.4, -0.2) is 27.2 Å². The van der Waals surface area contributed by atoms with Crippen LogP contribution in [0.25, 0.3) is 0 Å². The molecule has 110 valence electrons. The van der Waals surface area contributed by atoms with Crippen LogP contribution in [0.5, 0.6) is 17.2 Å². The second-order valence-electron chi connectivity index (χ2n) is 4.58. The van der Waals surface area contributed by atoms with Gasteiger partial charge in [0.2, 0.25) is 0 Å². The summed E-state index contributed by atoms with van der Waals surface area (Å²) in [5.74, 6) is -0.578. The first-order valence-corrected chi connectivity index (χ1v) is 6.46. The fourth-order valence-electron chi connectivity index (χ4n) is 2.23. The molecule has 21 heavy (non-hydrogen) atoms. The van der Waals surface area contributed by atoms with Crippen molar-refractivity contribution < 1.29 is 24.9 Å². The summed E-state index contributed by atoms with van der Waals surface area (Å²) >= 11 is 0. The molecule has 0 unspecified atom stereocenters. The zero-order valence-corrected chi connectivity index (χ0v) is 11.5. The molecule has 5 heteroatoms. The van der Waals surface area contributed by atoms with Crippen molar-refractivity contribution in [2.45, 2.75) is 19.4 Å². The number of aliphatic hydroxyl groups is 1. The molecule has 1 aliphatic heterocycles. The van der Waals surface area contributed by atoms with Crippen LogP contribution in [0, 0.1) is 0 Å². The highest BCUT2D eigenvalue weighted by Gasteiger charge is 2.30. The van der Waals surface area contributed by atoms with E-state index in [0.29, 0.717) is 5.57 Å². The monoisotopic (exact) mass is 288 g/mol. The Morgan fingerprint density at radius 1 is 1.38 bits per heavy atom. The summed E-state index contributed by atoms with van der Waals surface area (Å²) in [6.45, 7) is 1.83. The Kier molecular flexibility index (Phi) is 4.33. The largest absolute Gasteiger partial charge is 0.516 e. The molecule has 0 radical (unpaired) electrons. The molecule has 0 saturated heterocycles. The maximum atomic E-state index is 12.2. The fraction of sp³-hybridized carbons (Fsp3) is 0.188. The molecule has 1 aliphatic rings. The summed E-state index contributed by atoms with van der Waals surface area (Å²) in [5, 5.41) is 28.0. The van der Waals surface area contributed by atoms with E-state index in [-0.39, 0.29) is 35.0 Å². The second kappa shape index (κ2) is 6.17. The SMILES string of the molecule is C\C=C/C(=C\C=C\O)[C@@H]1CC(=O)c2c(O)cc(O)cc2O1. The van der Waals surface area contributed by atoms with Gasteiger partial charge in [-0.25, -0.2) is 0 Å². The van der Waals surface area contributed by atoms with Crippen LogP contribution in [0.3, 0.4) is 0 Å². The van der Waals surface area contributed by atoms with Crippen LogP contribution >= 0.6 is 0 Å². The Balaban J connectivity index is 2.41. The summed E-state index contributed by atoms with van der Waals surface area (Å²) in [6.07, 6.45) is 7.04. The van der Waals surface area contributed by atoms with Gasteiger partial charge in [-0.2, -0.15) is 0 Å². The first kappa shape index (κ1) is 14.7. The number of carbonyl (C=O) groups excluding carboxylic acids is 1. The minimum Gasteiger partial charge on any atom is -0.516 e. The topological polar surface area (TPSA) is 87.0 Å². The van der Waals surface area contributed by atoms with Crippen LogP contribution in [0.1, 0.15) is 23.7 Å². The first-order chi connectivity index (χ1) is 10.1. The van der Waals surface area contributed by atoms with Crippen LogP contribution < -0.4 is 4.74 Å². The molecule has 3 N–H and O–H groups in total. The normalized spacial score (nSPS) is 19.0. The molecule has 2 rings (SSSR count). The van der Waals surface area contributed by atoms with Gasteiger partial charge in [0.25, 0.3) is 0 Å². The highest BCUT2D eigenvalue weighted by molar-refractivity contribution is 6.03.